The lowest BCUT2D eigenvalue weighted by Crippen LogP contribution is -2.40. The highest BCUT2D eigenvalue weighted by Crippen LogP contribution is 2.49. The quantitative estimate of drug-likeness (QED) is 0.0578. The van der Waals surface area contributed by atoms with E-state index >= 15 is 0 Å². The van der Waals surface area contributed by atoms with Crippen LogP contribution in [0.4, 0.5) is 78.5 Å². The Kier molecular flexibility index (Phi) is 19.5. The van der Waals surface area contributed by atoms with Gasteiger partial charge in [-0.25, -0.2) is 8.78 Å². The molecule has 6 rings (SSSR count). The summed E-state index contributed by atoms with van der Waals surface area (Å²) in [5, 5.41) is 3.33. The lowest BCUT2D eigenvalue weighted by atomic mass is 9.75. The van der Waals surface area contributed by atoms with Gasteiger partial charge in [0.2, 0.25) is 11.3 Å². The molecule has 0 aliphatic heterocycles. The molecule has 0 fully saturated rings. The number of carbonyl (C=O) groups is 4. The number of hydrogen-bond acceptors (Lipinski definition) is 6. The molecule has 80 heavy (non-hydrogen) atoms. The summed E-state index contributed by atoms with van der Waals surface area (Å²) in [4.78, 5) is 46.8. The SMILES string of the molecule is CC(c1ccc(C(=O)Cl)cc1)(c1ccc(C(=O)Cl)cc1)C(F)(F)F.CNC(=O)c1ccc(C(C)(c2ccc(C(=O)Nc3cc(C(C)(F)C(F)(F)F)cc(C)c3C)cc2)C(F)(F)F)cc1.Cc1c(N)cc(C(C)(F)C(F)(F)F)cc1N. The lowest BCUT2D eigenvalue weighted by Gasteiger charge is -2.33. The van der Waals surface area contributed by atoms with Gasteiger partial charge in [0, 0.05) is 57.5 Å². The van der Waals surface area contributed by atoms with Gasteiger partial charge in [-0.05, 0) is 177 Å². The zero-order chi connectivity index (χ0) is 61.1. The molecule has 6 aromatic carbocycles. The molecular weight excluding hydrogens is 1130 g/mol. The third-order valence-electron chi connectivity index (χ3n) is 13.7. The van der Waals surface area contributed by atoms with Gasteiger partial charge in [0.05, 0.1) is 0 Å². The number of carbonyl (C=O) groups excluding carboxylic acids is 4. The Morgan fingerprint density at radius 2 is 0.688 bits per heavy atom. The monoisotopic (exact) mass is 1180 g/mol. The highest BCUT2D eigenvalue weighted by molar-refractivity contribution is 6.68. The molecule has 0 aliphatic rings. The molecule has 3 unspecified atom stereocenters. The Hall–Kier alpha value is -7.20. The fourth-order valence-electron chi connectivity index (χ4n) is 7.72. The minimum atomic E-state index is -5.19. The number of halogens is 16. The number of alkyl halides is 14. The summed E-state index contributed by atoms with van der Waals surface area (Å²) in [6.45, 7) is 7.38. The van der Waals surface area contributed by atoms with E-state index in [1.165, 1.54) is 93.7 Å². The molecule has 6 N–H and O–H groups in total. The van der Waals surface area contributed by atoms with Crippen molar-refractivity contribution in [2.24, 2.45) is 0 Å². The Balaban J connectivity index is 0.000000290. The van der Waals surface area contributed by atoms with Crippen molar-refractivity contribution in [2.75, 3.05) is 23.8 Å². The van der Waals surface area contributed by atoms with Crippen molar-refractivity contribution < 1.29 is 80.6 Å². The molecule has 24 heteroatoms. The Morgan fingerprint density at radius 1 is 0.400 bits per heavy atom. The number of benzene rings is 6. The standard InChI is InChI=1S/C29H27F7N2O2.C17H11Cl2F3O2.C10H12F4N2/c1-16-14-22(27(4,30)29(34,35)36)15-23(17(16)2)38-25(40)19-8-12-21(13-9-19)26(3,28(31,32)33)20-10-6-18(7-11-20)24(39)37-5;1-16(17(20,21)22,12-6-2-10(3-7-12)14(18)23)13-8-4-11(5-9-13)15(19)24;1-5-7(15)3-6(4-8(5)16)9(2,11)10(12,13)14/h6-15H,1-5H3,(H,37,39)(H,38,40);2-9H,1H3;3-4H,15-16H2,1-2H3. The number of anilines is 3. The summed E-state index contributed by atoms with van der Waals surface area (Å²) in [5.74, 6) is -1.26. The first kappa shape index (κ1) is 65.3. The second-order valence-corrected chi connectivity index (χ2v) is 19.6. The molecule has 3 atom stereocenters. The maximum atomic E-state index is 14.6. The van der Waals surface area contributed by atoms with Crippen molar-refractivity contribution >= 4 is 62.6 Å². The van der Waals surface area contributed by atoms with Crippen LogP contribution >= 0.6 is 23.2 Å². The fraction of sp³-hybridized carbons (Fsp3) is 0.286. The van der Waals surface area contributed by atoms with Crippen LogP contribution in [0.2, 0.25) is 0 Å². The van der Waals surface area contributed by atoms with E-state index in [9.17, 15) is 80.6 Å². The number of nitrogens with one attached hydrogen (secondary N) is 2. The predicted molar refractivity (Wildman–Crippen MR) is 277 cm³/mol. The van der Waals surface area contributed by atoms with E-state index in [4.69, 9.17) is 34.7 Å². The van der Waals surface area contributed by atoms with E-state index in [0.29, 0.717) is 30.5 Å². The van der Waals surface area contributed by atoms with Gasteiger partial charge in [0.15, 0.2) is 0 Å². The van der Waals surface area contributed by atoms with E-state index in [1.54, 1.807) is 6.92 Å². The molecule has 0 aliphatic carbocycles. The summed E-state index contributed by atoms with van der Waals surface area (Å²) < 4.78 is 190. The summed E-state index contributed by atoms with van der Waals surface area (Å²) in [6.07, 6.45) is -19.6. The average molecular weight is 1180 g/mol. The largest absolute Gasteiger partial charge is 0.426 e. The van der Waals surface area contributed by atoms with Crippen LogP contribution in [0.15, 0.2) is 121 Å². The number of aryl methyl sites for hydroxylation is 1. The molecule has 0 saturated carbocycles. The zero-order valence-corrected chi connectivity index (χ0v) is 44.9. The van der Waals surface area contributed by atoms with E-state index in [2.05, 4.69) is 10.6 Å². The molecule has 6 aromatic rings. The number of nitrogen functional groups attached to an aromatic ring is 2. The number of amides is 2. The van der Waals surface area contributed by atoms with Gasteiger partial charge in [0.1, 0.15) is 10.8 Å². The summed E-state index contributed by atoms with van der Waals surface area (Å²) in [5.41, 5.74) is -1.25. The maximum Gasteiger partial charge on any atom is 0.426 e. The first-order valence-corrected chi connectivity index (χ1v) is 24.0. The molecule has 2 amide bonds. The summed E-state index contributed by atoms with van der Waals surface area (Å²) in [6, 6.07) is 23.2. The van der Waals surface area contributed by atoms with Crippen LogP contribution in [0.1, 0.15) is 119 Å². The van der Waals surface area contributed by atoms with Gasteiger partial charge < -0.3 is 22.1 Å². The average Bonchev–Trinajstić information content (AvgIpc) is 3.37. The van der Waals surface area contributed by atoms with E-state index in [1.807, 2.05) is 0 Å². The van der Waals surface area contributed by atoms with Crippen molar-refractivity contribution in [1.82, 2.24) is 5.32 Å². The number of nitrogens with two attached hydrogens (primary N) is 2. The van der Waals surface area contributed by atoms with Crippen LogP contribution < -0.4 is 22.1 Å². The van der Waals surface area contributed by atoms with Crippen LogP contribution in [-0.4, -0.2) is 54.1 Å². The second kappa shape index (κ2) is 23.9. The summed E-state index contributed by atoms with van der Waals surface area (Å²) in [7, 11) is 1.40. The van der Waals surface area contributed by atoms with Crippen LogP contribution in [0.5, 0.6) is 0 Å². The van der Waals surface area contributed by atoms with E-state index < -0.39 is 80.3 Å². The van der Waals surface area contributed by atoms with Crippen molar-refractivity contribution in [3.8, 4) is 0 Å². The number of rotatable bonds is 11. The van der Waals surface area contributed by atoms with Gasteiger partial charge in [-0.2, -0.15) is 52.7 Å². The van der Waals surface area contributed by atoms with Crippen molar-refractivity contribution in [3.63, 3.8) is 0 Å². The van der Waals surface area contributed by atoms with Crippen LogP contribution in [0.3, 0.4) is 0 Å². The van der Waals surface area contributed by atoms with E-state index in [0.717, 1.165) is 62.4 Å². The highest BCUT2D eigenvalue weighted by Gasteiger charge is 2.56. The lowest BCUT2D eigenvalue weighted by molar-refractivity contribution is -0.229. The third kappa shape index (κ3) is 13.7. The van der Waals surface area contributed by atoms with E-state index in [-0.39, 0.29) is 61.6 Å². The minimum absolute atomic E-state index is 0.0446. The smallest absolute Gasteiger partial charge is 0.398 e. The first-order valence-electron chi connectivity index (χ1n) is 23.3. The van der Waals surface area contributed by atoms with Gasteiger partial charge >= 0.3 is 24.7 Å². The Bertz CT molecular complexity index is 3150. The zero-order valence-electron chi connectivity index (χ0n) is 43.4. The molecule has 430 valence electrons. The Morgan fingerprint density at radius 3 is 0.963 bits per heavy atom. The van der Waals surface area contributed by atoms with Crippen molar-refractivity contribution in [1.29, 1.82) is 0 Å². The van der Waals surface area contributed by atoms with Crippen LogP contribution in [0, 0.1) is 20.8 Å². The molecule has 0 radical (unpaired) electrons. The predicted octanol–water partition coefficient (Wildman–Crippen LogP) is 15.7. The van der Waals surface area contributed by atoms with Crippen molar-refractivity contribution in [2.45, 2.75) is 95.3 Å². The third-order valence-corrected chi connectivity index (χ3v) is 14.2. The molecule has 0 saturated heterocycles. The molecule has 0 spiro atoms. The molecule has 0 heterocycles. The summed E-state index contributed by atoms with van der Waals surface area (Å²) >= 11 is 10.6. The minimum Gasteiger partial charge on any atom is -0.398 e. The fourth-order valence-corrected chi connectivity index (χ4v) is 7.98. The van der Waals surface area contributed by atoms with Gasteiger partial charge in [0.25, 0.3) is 22.3 Å². The molecule has 8 nitrogen and oxygen atoms in total. The number of hydrogen-bond donors (Lipinski definition) is 4. The molecule has 0 aromatic heterocycles. The Labute approximate surface area is 459 Å². The molecule has 0 bridgehead atoms. The second-order valence-electron chi connectivity index (χ2n) is 18.9. The molecular formula is C56H50Cl2F14N4O4. The van der Waals surface area contributed by atoms with Gasteiger partial charge in [-0.15, -0.1) is 0 Å². The van der Waals surface area contributed by atoms with Crippen molar-refractivity contribution in [3.05, 3.63) is 194 Å². The van der Waals surface area contributed by atoms with Crippen LogP contribution in [0.25, 0.3) is 0 Å². The maximum absolute atomic E-state index is 14.6. The van der Waals surface area contributed by atoms with Gasteiger partial charge in [-0.1, -0.05) is 54.6 Å². The first-order chi connectivity index (χ1) is 36.5. The highest BCUT2D eigenvalue weighted by atomic mass is 35.5. The topological polar surface area (TPSA) is 144 Å². The normalized spacial score (nSPS) is 14.3. The van der Waals surface area contributed by atoms with Crippen LogP contribution in [-0.2, 0) is 22.2 Å². The van der Waals surface area contributed by atoms with Gasteiger partial charge in [-0.3, -0.25) is 19.2 Å².